The minimum atomic E-state index is -0.422. The van der Waals surface area contributed by atoms with Gasteiger partial charge in [0, 0.05) is 0 Å². The number of halogens is 1. The van der Waals surface area contributed by atoms with Crippen LogP contribution in [0.1, 0.15) is 5.01 Å². The van der Waals surface area contributed by atoms with Crippen LogP contribution in [-0.4, -0.2) is 29.9 Å². The van der Waals surface area contributed by atoms with Gasteiger partial charge in [0.25, 0.3) is 0 Å². The molecule has 0 saturated heterocycles. The van der Waals surface area contributed by atoms with Crippen LogP contribution in [0.2, 0.25) is 0 Å². The Morgan fingerprint density at radius 1 is 1.11 bits per heavy atom. The van der Waals surface area contributed by atoms with Crippen LogP contribution in [0.25, 0.3) is 21.3 Å². The highest BCUT2D eigenvalue weighted by Crippen LogP contribution is 2.28. The largest absolute Gasteiger partial charge is 0.347 e. The van der Waals surface area contributed by atoms with Crippen LogP contribution in [0.15, 0.2) is 42.5 Å². The molecule has 3 aromatic rings. The zero-order valence-electron chi connectivity index (χ0n) is 14.2. The first-order chi connectivity index (χ1) is 13.0. The molecular formula is C19H15FN4O2S. The van der Waals surface area contributed by atoms with Crippen LogP contribution in [0.4, 0.5) is 4.39 Å². The molecule has 2 N–H and O–H groups in total. The molecule has 2 amide bonds. The Balaban J connectivity index is 1.67. The highest BCUT2D eigenvalue weighted by atomic mass is 32.1. The fourth-order valence-electron chi connectivity index (χ4n) is 2.47. The quantitative estimate of drug-likeness (QED) is 0.640. The third kappa shape index (κ3) is 4.86. The number of nitrogens with one attached hydrogen (secondary N) is 2. The number of fused-ring (bicyclic) bond motifs is 1. The zero-order chi connectivity index (χ0) is 19.2. The normalized spacial score (nSPS) is 10.4. The lowest BCUT2D eigenvalue weighted by Gasteiger charge is -2.03. The number of carbonyl (C=O) groups is 2. The molecule has 0 fully saturated rings. The van der Waals surface area contributed by atoms with Gasteiger partial charge in [-0.05, 0) is 35.4 Å². The second kappa shape index (κ2) is 8.38. The number of rotatable bonds is 6. The molecule has 27 heavy (non-hydrogen) atoms. The molecule has 0 bridgehead atoms. The summed E-state index contributed by atoms with van der Waals surface area (Å²) in [5, 5.41) is 13.8. The Morgan fingerprint density at radius 3 is 2.70 bits per heavy atom. The maximum atomic E-state index is 13.4. The fourth-order valence-corrected chi connectivity index (χ4v) is 3.48. The fraction of sp³-hybridized carbons (Fsp3) is 0.158. The number of hydrogen-bond acceptors (Lipinski definition) is 5. The van der Waals surface area contributed by atoms with Gasteiger partial charge in [0.2, 0.25) is 11.8 Å². The van der Waals surface area contributed by atoms with E-state index in [2.05, 4.69) is 15.6 Å². The van der Waals surface area contributed by atoms with Crippen molar-refractivity contribution in [2.24, 2.45) is 0 Å². The van der Waals surface area contributed by atoms with Crippen molar-refractivity contribution in [1.82, 2.24) is 15.6 Å². The zero-order valence-corrected chi connectivity index (χ0v) is 15.0. The summed E-state index contributed by atoms with van der Waals surface area (Å²) in [6.07, 6.45) is 0.0557. The van der Waals surface area contributed by atoms with Gasteiger partial charge in [-0.1, -0.05) is 18.2 Å². The predicted octanol–water partition coefficient (Wildman–Crippen LogP) is 2.40. The van der Waals surface area contributed by atoms with E-state index in [1.165, 1.54) is 23.5 Å². The van der Waals surface area contributed by atoms with E-state index in [4.69, 9.17) is 5.26 Å². The van der Waals surface area contributed by atoms with Crippen molar-refractivity contribution in [3.05, 3.63) is 53.3 Å². The molecule has 0 aliphatic carbocycles. The molecule has 0 spiro atoms. The van der Waals surface area contributed by atoms with Gasteiger partial charge in [0.05, 0.1) is 29.3 Å². The molecule has 0 radical (unpaired) electrons. The van der Waals surface area contributed by atoms with Gasteiger partial charge in [-0.25, -0.2) is 9.37 Å². The van der Waals surface area contributed by atoms with Crippen LogP contribution in [0.3, 0.4) is 0 Å². The number of nitriles is 1. The minimum absolute atomic E-state index is 0.0557. The van der Waals surface area contributed by atoms with E-state index in [1.54, 1.807) is 12.1 Å². The SMILES string of the molecule is N#CCNC(=O)CNC(=O)Cc1nc2ccc(-c3cccc(F)c3)cc2s1. The topological polar surface area (TPSA) is 94.9 Å². The Bertz CT molecular complexity index is 1040. The second-order valence-electron chi connectivity index (χ2n) is 5.69. The molecule has 0 aliphatic heterocycles. The van der Waals surface area contributed by atoms with Gasteiger partial charge in [-0.3, -0.25) is 9.59 Å². The summed E-state index contributed by atoms with van der Waals surface area (Å²) in [6, 6.07) is 13.7. The lowest BCUT2D eigenvalue weighted by molar-refractivity contribution is -0.125. The molecule has 8 heteroatoms. The average molecular weight is 382 g/mol. The summed E-state index contributed by atoms with van der Waals surface area (Å²) in [6.45, 7) is -0.282. The number of carbonyl (C=O) groups excluding carboxylic acids is 2. The number of nitrogens with zero attached hydrogens (tertiary/aromatic N) is 2. The van der Waals surface area contributed by atoms with E-state index < -0.39 is 5.91 Å². The predicted molar refractivity (Wildman–Crippen MR) is 100 cm³/mol. The van der Waals surface area contributed by atoms with Crippen molar-refractivity contribution < 1.29 is 14.0 Å². The highest BCUT2D eigenvalue weighted by Gasteiger charge is 2.11. The molecule has 6 nitrogen and oxygen atoms in total. The third-order valence-electron chi connectivity index (χ3n) is 3.71. The van der Waals surface area contributed by atoms with Crippen molar-refractivity contribution in [2.45, 2.75) is 6.42 Å². The Labute approximate surface area is 158 Å². The molecular weight excluding hydrogens is 367 g/mol. The van der Waals surface area contributed by atoms with Crippen LogP contribution in [0, 0.1) is 17.1 Å². The molecule has 0 atom stereocenters. The maximum Gasteiger partial charge on any atom is 0.240 e. The summed E-state index contributed by atoms with van der Waals surface area (Å²) in [4.78, 5) is 27.8. The summed E-state index contributed by atoms with van der Waals surface area (Å²) in [5.74, 6) is -1.05. The van der Waals surface area contributed by atoms with Gasteiger partial charge in [0.1, 0.15) is 17.4 Å². The van der Waals surface area contributed by atoms with Crippen molar-refractivity contribution >= 4 is 33.4 Å². The molecule has 0 saturated carbocycles. The number of hydrogen-bond donors (Lipinski definition) is 2. The average Bonchev–Trinajstić information content (AvgIpc) is 3.06. The molecule has 1 aromatic heterocycles. The number of aromatic nitrogens is 1. The lowest BCUT2D eigenvalue weighted by Crippen LogP contribution is -2.37. The van der Waals surface area contributed by atoms with Crippen molar-refractivity contribution in [3.8, 4) is 17.2 Å². The van der Waals surface area contributed by atoms with E-state index in [1.807, 2.05) is 24.3 Å². The standard InChI is InChI=1S/C19H15FN4O2S/c20-14-3-1-2-12(8-14)13-4-5-15-16(9-13)27-19(24-15)10-17(25)23-11-18(26)22-7-6-21/h1-5,8-9H,7,10-11H2,(H,22,26)(H,23,25). The van der Waals surface area contributed by atoms with Gasteiger partial charge in [0.15, 0.2) is 0 Å². The lowest BCUT2D eigenvalue weighted by atomic mass is 10.1. The van der Waals surface area contributed by atoms with Crippen LogP contribution in [0.5, 0.6) is 0 Å². The van der Waals surface area contributed by atoms with E-state index in [0.717, 1.165) is 21.3 Å². The van der Waals surface area contributed by atoms with Gasteiger partial charge in [-0.15, -0.1) is 11.3 Å². The summed E-state index contributed by atoms with van der Waals surface area (Å²) in [7, 11) is 0. The summed E-state index contributed by atoms with van der Waals surface area (Å²) < 4.78 is 14.3. The van der Waals surface area contributed by atoms with Crippen LogP contribution >= 0.6 is 11.3 Å². The van der Waals surface area contributed by atoms with E-state index in [9.17, 15) is 14.0 Å². The molecule has 2 aromatic carbocycles. The Kier molecular flexibility index (Phi) is 5.74. The van der Waals surface area contributed by atoms with Gasteiger partial charge < -0.3 is 10.6 Å². The Morgan fingerprint density at radius 2 is 1.93 bits per heavy atom. The van der Waals surface area contributed by atoms with E-state index in [0.29, 0.717) is 5.01 Å². The van der Waals surface area contributed by atoms with Crippen molar-refractivity contribution in [1.29, 1.82) is 5.26 Å². The summed E-state index contributed by atoms with van der Waals surface area (Å²) >= 11 is 1.38. The third-order valence-corrected chi connectivity index (χ3v) is 4.73. The van der Waals surface area contributed by atoms with Crippen molar-refractivity contribution in [3.63, 3.8) is 0 Å². The van der Waals surface area contributed by atoms with Crippen LogP contribution in [-0.2, 0) is 16.0 Å². The van der Waals surface area contributed by atoms with Gasteiger partial charge in [-0.2, -0.15) is 5.26 Å². The molecule has 136 valence electrons. The first kappa shape index (κ1) is 18.5. The first-order valence-electron chi connectivity index (χ1n) is 8.11. The molecule has 0 unspecified atom stereocenters. The van der Waals surface area contributed by atoms with Crippen LogP contribution < -0.4 is 10.6 Å². The number of benzene rings is 2. The molecule has 0 aliphatic rings. The number of amides is 2. The minimum Gasteiger partial charge on any atom is -0.347 e. The molecule has 3 rings (SSSR count). The van der Waals surface area contributed by atoms with Gasteiger partial charge >= 0.3 is 0 Å². The van der Waals surface area contributed by atoms with Crippen molar-refractivity contribution in [2.75, 3.05) is 13.1 Å². The molecule has 1 heterocycles. The summed E-state index contributed by atoms with van der Waals surface area (Å²) in [5.41, 5.74) is 2.40. The highest BCUT2D eigenvalue weighted by molar-refractivity contribution is 7.18. The smallest absolute Gasteiger partial charge is 0.240 e. The van der Waals surface area contributed by atoms with E-state index >= 15 is 0 Å². The Hall–Kier alpha value is -3.31. The maximum absolute atomic E-state index is 13.4. The monoisotopic (exact) mass is 382 g/mol. The first-order valence-corrected chi connectivity index (χ1v) is 8.92. The number of thiazole rings is 1. The van der Waals surface area contributed by atoms with E-state index in [-0.39, 0.29) is 31.2 Å². The second-order valence-corrected chi connectivity index (χ2v) is 6.80.